The Balaban J connectivity index is 3.10. The maximum atomic E-state index is 10.5. The Morgan fingerprint density at radius 1 is 1.38 bits per heavy atom. The number of carboxylic acids is 1. The fraction of sp³-hybridized carbons (Fsp3) is 0.300. The van der Waals surface area contributed by atoms with Crippen LogP contribution in [0.15, 0.2) is 12.1 Å². The zero-order valence-electron chi connectivity index (χ0n) is 7.60. The lowest BCUT2D eigenvalue weighted by Gasteiger charge is -2.07. The summed E-state index contributed by atoms with van der Waals surface area (Å²) in [5, 5.41) is 9.31. The van der Waals surface area contributed by atoms with E-state index in [4.69, 9.17) is 16.7 Å². The lowest BCUT2D eigenvalue weighted by molar-refractivity contribution is -0.136. The minimum Gasteiger partial charge on any atom is -0.481 e. The fourth-order valence-electron chi connectivity index (χ4n) is 1.20. The largest absolute Gasteiger partial charge is 0.481 e. The predicted octanol–water partition coefficient (Wildman–Crippen LogP) is 2.58. The second kappa shape index (κ2) is 3.79. The molecule has 3 heteroatoms. The minimum atomic E-state index is -0.815. The van der Waals surface area contributed by atoms with Crippen LogP contribution in [0.4, 0.5) is 0 Å². The lowest BCUT2D eigenvalue weighted by atomic mass is 10.0. The van der Waals surface area contributed by atoms with Gasteiger partial charge in [0.1, 0.15) is 0 Å². The van der Waals surface area contributed by atoms with Crippen molar-refractivity contribution < 1.29 is 9.90 Å². The van der Waals surface area contributed by atoms with Crippen molar-refractivity contribution in [1.29, 1.82) is 0 Å². The van der Waals surface area contributed by atoms with Gasteiger partial charge >= 0.3 is 5.97 Å². The smallest absolute Gasteiger partial charge is 0.307 e. The molecule has 0 radical (unpaired) electrons. The molecule has 0 aromatic heterocycles. The number of carboxylic acid groups (broad SMARTS) is 1. The Labute approximate surface area is 82.2 Å². The van der Waals surface area contributed by atoms with Crippen LogP contribution in [0, 0.1) is 13.8 Å². The first kappa shape index (κ1) is 10.1. The number of hydrogen-bond acceptors (Lipinski definition) is 1. The standard InChI is InChI=1S/C10H11ClO2/c1-6-7(2)9(11)4-3-8(6)5-10(12)13/h3-4H,5H2,1-2H3,(H,12,13). The molecule has 0 saturated carbocycles. The zero-order chi connectivity index (χ0) is 10.0. The van der Waals surface area contributed by atoms with Crippen molar-refractivity contribution in [3.8, 4) is 0 Å². The minimum absolute atomic E-state index is 0.0594. The van der Waals surface area contributed by atoms with Gasteiger partial charge in [-0.2, -0.15) is 0 Å². The maximum Gasteiger partial charge on any atom is 0.307 e. The average molecular weight is 199 g/mol. The Hall–Kier alpha value is -1.02. The molecule has 0 amide bonds. The molecule has 0 aliphatic rings. The highest BCUT2D eigenvalue weighted by Crippen LogP contribution is 2.22. The van der Waals surface area contributed by atoms with E-state index in [1.54, 1.807) is 12.1 Å². The second-order valence-electron chi connectivity index (χ2n) is 3.03. The van der Waals surface area contributed by atoms with Gasteiger partial charge in [0.25, 0.3) is 0 Å². The van der Waals surface area contributed by atoms with Crippen molar-refractivity contribution in [2.75, 3.05) is 0 Å². The quantitative estimate of drug-likeness (QED) is 0.793. The van der Waals surface area contributed by atoms with Crippen LogP contribution in [0.3, 0.4) is 0 Å². The molecule has 1 aromatic carbocycles. The van der Waals surface area contributed by atoms with Crippen molar-refractivity contribution >= 4 is 17.6 Å². The van der Waals surface area contributed by atoms with Crippen molar-refractivity contribution in [3.05, 3.63) is 33.8 Å². The van der Waals surface area contributed by atoms with Crippen molar-refractivity contribution in [2.45, 2.75) is 20.3 Å². The van der Waals surface area contributed by atoms with Crippen molar-refractivity contribution in [2.24, 2.45) is 0 Å². The summed E-state index contributed by atoms with van der Waals surface area (Å²) in [5.74, 6) is -0.815. The molecule has 0 bridgehead atoms. The predicted molar refractivity (Wildman–Crippen MR) is 52.3 cm³/mol. The summed E-state index contributed by atoms with van der Waals surface area (Å²) < 4.78 is 0. The summed E-state index contributed by atoms with van der Waals surface area (Å²) in [7, 11) is 0. The molecule has 1 aromatic rings. The molecule has 1 N–H and O–H groups in total. The van der Waals surface area contributed by atoms with Gasteiger partial charge in [-0.25, -0.2) is 0 Å². The topological polar surface area (TPSA) is 37.3 Å². The third-order valence-electron chi connectivity index (χ3n) is 2.17. The molecule has 70 valence electrons. The first-order valence-corrected chi connectivity index (χ1v) is 4.36. The summed E-state index contributed by atoms with van der Waals surface area (Å²) in [4.78, 5) is 10.5. The summed E-state index contributed by atoms with van der Waals surface area (Å²) in [6, 6.07) is 3.50. The lowest BCUT2D eigenvalue weighted by Crippen LogP contribution is -2.02. The molecule has 1 rings (SSSR count). The highest BCUT2D eigenvalue weighted by atomic mass is 35.5. The third-order valence-corrected chi connectivity index (χ3v) is 2.58. The van der Waals surface area contributed by atoms with Gasteiger partial charge in [0.05, 0.1) is 6.42 Å². The van der Waals surface area contributed by atoms with E-state index < -0.39 is 5.97 Å². The molecule has 0 aliphatic heterocycles. The van der Waals surface area contributed by atoms with E-state index in [0.29, 0.717) is 5.02 Å². The van der Waals surface area contributed by atoms with Gasteiger partial charge < -0.3 is 5.11 Å². The first-order valence-electron chi connectivity index (χ1n) is 3.98. The van der Waals surface area contributed by atoms with Gasteiger partial charge in [-0.3, -0.25) is 4.79 Å². The molecular formula is C10H11ClO2. The first-order chi connectivity index (χ1) is 6.02. The van der Waals surface area contributed by atoms with Crippen molar-refractivity contribution in [1.82, 2.24) is 0 Å². The maximum absolute atomic E-state index is 10.5. The van der Waals surface area contributed by atoms with E-state index in [1.165, 1.54) is 0 Å². The molecule has 13 heavy (non-hydrogen) atoms. The molecule has 0 saturated heterocycles. The van der Waals surface area contributed by atoms with E-state index in [-0.39, 0.29) is 6.42 Å². The zero-order valence-corrected chi connectivity index (χ0v) is 8.35. The second-order valence-corrected chi connectivity index (χ2v) is 3.43. The summed E-state index contributed by atoms with van der Waals surface area (Å²) in [5.41, 5.74) is 2.75. The molecule has 0 atom stereocenters. The molecule has 2 nitrogen and oxygen atoms in total. The summed E-state index contributed by atoms with van der Waals surface area (Å²) in [6.45, 7) is 3.78. The highest BCUT2D eigenvalue weighted by molar-refractivity contribution is 6.31. The van der Waals surface area contributed by atoms with Gasteiger partial charge in [-0.15, -0.1) is 0 Å². The van der Waals surface area contributed by atoms with Gasteiger partial charge in [-0.05, 0) is 36.6 Å². The van der Waals surface area contributed by atoms with Gasteiger partial charge in [0.15, 0.2) is 0 Å². The molecule has 0 aliphatic carbocycles. The highest BCUT2D eigenvalue weighted by Gasteiger charge is 2.07. The Bertz CT molecular complexity index is 345. The number of hydrogen-bond donors (Lipinski definition) is 1. The van der Waals surface area contributed by atoms with Gasteiger partial charge in [0, 0.05) is 5.02 Å². The van der Waals surface area contributed by atoms with Crippen LogP contribution < -0.4 is 0 Å². The van der Waals surface area contributed by atoms with Gasteiger partial charge in [0.2, 0.25) is 0 Å². The van der Waals surface area contributed by atoms with Crippen LogP contribution in [0.2, 0.25) is 5.02 Å². The number of rotatable bonds is 2. The molecule has 0 unspecified atom stereocenters. The molecule has 0 heterocycles. The van der Waals surface area contributed by atoms with Crippen LogP contribution in [0.5, 0.6) is 0 Å². The normalized spacial score (nSPS) is 10.1. The van der Waals surface area contributed by atoms with E-state index in [0.717, 1.165) is 16.7 Å². The van der Waals surface area contributed by atoms with Gasteiger partial charge in [-0.1, -0.05) is 17.7 Å². The number of carbonyl (C=O) groups is 1. The van der Waals surface area contributed by atoms with E-state index >= 15 is 0 Å². The van der Waals surface area contributed by atoms with Crippen LogP contribution in [-0.4, -0.2) is 11.1 Å². The van der Waals surface area contributed by atoms with Crippen LogP contribution >= 0.6 is 11.6 Å². The Morgan fingerprint density at radius 3 is 2.54 bits per heavy atom. The number of benzene rings is 1. The number of halogens is 1. The average Bonchev–Trinajstić information content (AvgIpc) is 2.06. The summed E-state index contributed by atoms with van der Waals surface area (Å²) in [6.07, 6.45) is 0.0594. The van der Waals surface area contributed by atoms with E-state index in [2.05, 4.69) is 0 Å². The van der Waals surface area contributed by atoms with Crippen LogP contribution in [-0.2, 0) is 11.2 Å². The monoisotopic (exact) mass is 198 g/mol. The van der Waals surface area contributed by atoms with Crippen molar-refractivity contribution in [3.63, 3.8) is 0 Å². The molecule has 0 spiro atoms. The van der Waals surface area contributed by atoms with Crippen LogP contribution in [0.25, 0.3) is 0 Å². The van der Waals surface area contributed by atoms with Crippen LogP contribution in [0.1, 0.15) is 16.7 Å². The Morgan fingerprint density at radius 2 is 2.00 bits per heavy atom. The van der Waals surface area contributed by atoms with E-state index in [1.807, 2.05) is 13.8 Å². The summed E-state index contributed by atoms with van der Waals surface area (Å²) >= 11 is 5.88. The fourth-order valence-corrected chi connectivity index (χ4v) is 1.40. The molecular weight excluding hydrogens is 188 g/mol. The van der Waals surface area contributed by atoms with E-state index in [9.17, 15) is 4.79 Å². The SMILES string of the molecule is Cc1c(Cl)ccc(CC(=O)O)c1C. The third kappa shape index (κ3) is 2.22. The number of aliphatic carboxylic acids is 1. The molecule has 0 fully saturated rings. The Kier molecular flexibility index (Phi) is 2.94.